The smallest absolute Gasteiger partial charge is 0.272 e. The van der Waals surface area contributed by atoms with Crippen molar-refractivity contribution in [2.24, 2.45) is 0 Å². The first-order chi connectivity index (χ1) is 13.7. The van der Waals surface area contributed by atoms with E-state index < -0.39 is 0 Å². The van der Waals surface area contributed by atoms with Crippen LogP contribution in [0.15, 0.2) is 72.9 Å². The molecule has 1 saturated heterocycles. The van der Waals surface area contributed by atoms with Crippen molar-refractivity contribution in [3.63, 3.8) is 0 Å². The highest BCUT2D eigenvalue weighted by Crippen LogP contribution is 2.25. The molecule has 142 valence electrons. The summed E-state index contributed by atoms with van der Waals surface area (Å²) in [7, 11) is 0. The number of nitrogens with one attached hydrogen (secondary N) is 1. The predicted octanol–water partition coefficient (Wildman–Crippen LogP) is 4.44. The maximum atomic E-state index is 12.9. The van der Waals surface area contributed by atoms with E-state index in [0.29, 0.717) is 23.8 Å². The lowest BCUT2D eigenvalue weighted by Crippen LogP contribution is -2.49. The van der Waals surface area contributed by atoms with Crippen LogP contribution in [0, 0.1) is 0 Å². The summed E-state index contributed by atoms with van der Waals surface area (Å²) in [6.07, 6.45) is 1.65. The van der Waals surface area contributed by atoms with Gasteiger partial charge in [0.1, 0.15) is 5.69 Å². The highest BCUT2D eigenvalue weighted by Gasteiger charge is 2.23. The van der Waals surface area contributed by atoms with E-state index in [1.54, 1.807) is 12.3 Å². The first-order valence-corrected chi connectivity index (χ1v) is 9.65. The van der Waals surface area contributed by atoms with Gasteiger partial charge in [0.15, 0.2) is 0 Å². The van der Waals surface area contributed by atoms with Crippen molar-refractivity contribution in [3.8, 4) is 0 Å². The minimum absolute atomic E-state index is 0.0458. The first-order valence-electron chi connectivity index (χ1n) is 9.27. The SMILES string of the molecule is O=C(c1cc(Nc2ccccc2Cl)ccn1)N1CCN(c2ccccc2)CC1. The molecule has 3 aromatic rings. The topological polar surface area (TPSA) is 48.5 Å². The fraction of sp³-hybridized carbons (Fsp3) is 0.182. The molecule has 1 aliphatic rings. The molecule has 0 bridgehead atoms. The van der Waals surface area contributed by atoms with Crippen molar-refractivity contribution in [2.45, 2.75) is 0 Å². The average Bonchev–Trinajstić information content (AvgIpc) is 2.76. The molecule has 0 saturated carbocycles. The summed E-state index contributed by atoms with van der Waals surface area (Å²) in [6.45, 7) is 2.98. The number of aromatic nitrogens is 1. The molecule has 1 fully saturated rings. The predicted molar refractivity (Wildman–Crippen MR) is 114 cm³/mol. The number of anilines is 3. The largest absolute Gasteiger partial charge is 0.368 e. The Labute approximate surface area is 169 Å². The zero-order valence-corrected chi connectivity index (χ0v) is 16.1. The van der Waals surface area contributed by atoms with Crippen LogP contribution in [0.4, 0.5) is 17.1 Å². The third-order valence-corrected chi connectivity index (χ3v) is 5.15. The Hall–Kier alpha value is -3.05. The Morgan fingerprint density at radius 3 is 2.39 bits per heavy atom. The molecule has 2 aromatic carbocycles. The van der Waals surface area contributed by atoms with E-state index >= 15 is 0 Å². The summed E-state index contributed by atoms with van der Waals surface area (Å²) in [5, 5.41) is 3.88. The number of hydrogen-bond acceptors (Lipinski definition) is 4. The van der Waals surface area contributed by atoms with Gasteiger partial charge in [-0.2, -0.15) is 0 Å². The van der Waals surface area contributed by atoms with E-state index in [2.05, 4.69) is 27.3 Å². The Kier molecular flexibility index (Phi) is 5.44. The molecular weight excluding hydrogens is 372 g/mol. The Morgan fingerprint density at radius 2 is 1.64 bits per heavy atom. The van der Waals surface area contributed by atoms with Gasteiger partial charge in [0, 0.05) is 43.8 Å². The van der Waals surface area contributed by atoms with Crippen LogP contribution in [-0.2, 0) is 0 Å². The molecule has 6 heteroatoms. The number of piperazine rings is 1. The minimum Gasteiger partial charge on any atom is -0.368 e. The average molecular weight is 393 g/mol. The van der Waals surface area contributed by atoms with Gasteiger partial charge in [0.2, 0.25) is 0 Å². The molecular formula is C22H21ClN4O. The third-order valence-electron chi connectivity index (χ3n) is 4.82. The highest BCUT2D eigenvalue weighted by molar-refractivity contribution is 6.33. The van der Waals surface area contributed by atoms with Gasteiger partial charge in [-0.3, -0.25) is 9.78 Å². The van der Waals surface area contributed by atoms with Gasteiger partial charge in [-0.25, -0.2) is 0 Å². The van der Waals surface area contributed by atoms with E-state index in [1.807, 2.05) is 53.4 Å². The van der Waals surface area contributed by atoms with Crippen LogP contribution in [0.3, 0.4) is 0 Å². The monoisotopic (exact) mass is 392 g/mol. The number of carbonyl (C=O) groups excluding carboxylic acids is 1. The summed E-state index contributed by atoms with van der Waals surface area (Å²) < 4.78 is 0. The number of pyridine rings is 1. The lowest BCUT2D eigenvalue weighted by molar-refractivity contribution is 0.0741. The molecule has 0 aliphatic carbocycles. The van der Waals surface area contributed by atoms with Crippen LogP contribution >= 0.6 is 11.6 Å². The van der Waals surface area contributed by atoms with Crippen LogP contribution in [0.1, 0.15) is 10.5 Å². The Balaban J connectivity index is 1.42. The summed E-state index contributed by atoms with van der Waals surface area (Å²) in [5.74, 6) is -0.0458. The van der Waals surface area contributed by atoms with Crippen molar-refractivity contribution in [1.82, 2.24) is 9.88 Å². The Morgan fingerprint density at radius 1 is 0.929 bits per heavy atom. The van der Waals surface area contributed by atoms with E-state index in [0.717, 1.165) is 24.5 Å². The van der Waals surface area contributed by atoms with Gasteiger partial charge in [0.25, 0.3) is 5.91 Å². The van der Waals surface area contributed by atoms with Crippen LogP contribution in [0.5, 0.6) is 0 Å². The maximum Gasteiger partial charge on any atom is 0.272 e. The molecule has 28 heavy (non-hydrogen) atoms. The number of hydrogen-bond donors (Lipinski definition) is 1. The van der Waals surface area contributed by atoms with Gasteiger partial charge in [-0.05, 0) is 36.4 Å². The van der Waals surface area contributed by atoms with Gasteiger partial charge >= 0.3 is 0 Å². The van der Waals surface area contributed by atoms with Crippen LogP contribution in [0.25, 0.3) is 0 Å². The molecule has 1 amide bonds. The van der Waals surface area contributed by atoms with Gasteiger partial charge in [-0.1, -0.05) is 41.9 Å². The number of nitrogens with zero attached hydrogens (tertiary/aromatic N) is 3. The normalized spacial score (nSPS) is 14.0. The summed E-state index contributed by atoms with van der Waals surface area (Å²) in [4.78, 5) is 21.3. The fourth-order valence-corrected chi connectivity index (χ4v) is 3.49. The van der Waals surface area contributed by atoms with Crippen LogP contribution < -0.4 is 10.2 Å². The number of amides is 1. The second-order valence-electron chi connectivity index (χ2n) is 6.65. The standard InChI is InChI=1S/C22H21ClN4O/c23-19-8-4-5-9-20(19)25-17-10-11-24-21(16-17)22(28)27-14-12-26(13-15-27)18-6-2-1-3-7-18/h1-11,16H,12-15H2,(H,24,25). The van der Waals surface area contributed by atoms with E-state index in [9.17, 15) is 4.79 Å². The third kappa shape index (κ3) is 4.10. The number of para-hydroxylation sites is 2. The van der Waals surface area contributed by atoms with Crippen molar-refractivity contribution in [3.05, 3.63) is 83.6 Å². The molecule has 4 rings (SSSR count). The van der Waals surface area contributed by atoms with E-state index in [1.165, 1.54) is 5.69 Å². The van der Waals surface area contributed by atoms with Crippen molar-refractivity contribution < 1.29 is 4.79 Å². The number of halogens is 1. The second kappa shape index (κ2) is 8.31. The number of benzene rings is 2. The van der Waals surface area contributed by atoms with Crippen molar-refractivity contribution in [1.29, 1.82) is 0 Å². The number of carbonyl (C=O) groups is 1. The maximum absolute atomic E-state index is 12.9. The van der Waals surface area contributed by atoms with Crippen molar-refractivity contribution >= 4 is 34.6 Å². The molecule has 0 unspecified atom stereocenters. The lowest BCUT2D eigenvalue weighted by atomic mass is 10.2. The zero-order valence-electron chi connectivity index (χ0n) is 15.4. The molecule has 1 aliphatic heterocycles. The molecule has 2 heterocycles. The second-order valence-corrected chi connectivity index (χ2v) is 7.06. The Bertz CT molecular complexity index is 956. The molecule has 0 radical (unpaired) electrons. The summed E-state index contributed by atoms with van der Waals surface area (Å²) in [5.41, 5.74) is 3.21. The quantitative estimate of drug-likeness (QED) is 0.713. The summed E-state index contributed by atoms with van der Waals surface area (Å²) >= 11 is 6.20. The molecule has 1 N–H and O–H groups in total. The van der Waals surface area contributed by atoms with E-state index in [-0.39, 0.29) is 5.91 Å². The first kappa shape index (κ1) is 18.3. The molecule has 0 atom stereocenters. The highest BCUT2D eigenvalue weighted by atomic mass is 35.5. The van der Waals surface area contributed by atoms with Gasteiger partial charge in [0.05, 0.1) is 10.7 Å². The fourth-order valence-electron chi connectivity index (χ4n) is 3.31. The van der Waals surface area contributed by atoms with Crippen LogP contribution in [-0.4, -0.2) is 42.0 Å². The number of rotatable bonds is 4. The molecule has 0 spiro atoms. The molecule has 1 aromatic heterocycles. The zero-order chi connectivity index (χ0) is 19.3. The summed E-state index contributed by atoms with van der Waals surface area (Å²) in [6, 6.07) is 21.4. The molecule has 5 nitrogen and oxygen atoms in total. The lowest BCUT2D eigenvalue weighted by Gasteiger charge is -2.36. The van der Waals surface area contributed by atoms with E-state index in [4.69, 9.17) is 11.6 Å². The minimum atomic E-state index is -0.0458. The van der Waals surface area contributed by atoms with Gasteiger partial charge < -0.3 is 15.1 Å². The van der Waals surface area contributed by atoms with Gasteiger partial charge in [-0.15, -0.1) is 0 Å². The van der Waals surface area contributed by atoms with Crippen molar-refractivity contribution in [2.75, 3.05) is 36.4 Å². The van der Waals surface area contributed by atoms with Crippen LogP contribution in [0.2, 0.25) is 5.02 Å².